The Hall–Kier alpha value is -4.44. The van der Waals surface area contributed by atoms with Gasteiger partial charge in [0.15, 0.2) is 5.82 Å². The number of carbonyl (C=O) groups excluding carboxylic acids is 1. The topological polar surface area (TPSA) is 104 Å². The van der Waals surface area contributed by atoms with E-state index in [4.69, 9.17) is 9.68 Å². The van der Waals surface area contributed by atoms with Crippen LogP contribution in [0.25, 0.3) is 11.4 Å². The fourth-order valence-corrected chi connectivity index (χ4v) is 2.83. The molecule has 0 bridgehead atoms. The van der Waals surface area contributed by atoms with Crippen LogP contribution in [-0.2, 0) is 6.54 Å². The molecule has 0 aliphatic rings. The minimum absolute atomic E-state index is 0.217. The highest BCUT2D eigenvalue weighted by Gasteiger charge is 2.14. The normalized spacial score (nSPS) is 10.2. The highest BCUT2D eigenvalue weighted by molar-refractivity contribution is 5.93. The average Bonchev–Trinajstić information content (AvgIpc) is 3.32. The molecule has 30 heavy (non-hydrogen) atoms. The highest BCUT2D eigenvalue weighted by atomic mass is 16.3. The van der Waals surface area contributed by atoms with Crippen molar-refractivity contribution in [3.63, 3.8) is 0 Å². The fourth-order valence-electron chi connectivity index (χ4n) is 2.83. The number of hydrogen-bond acceptors (Lipinski definition) is 6. The molecule has 7 heteroatoms. The number of aromatic nitrogens is 2. The average molecular weight is 395 g/mol. The molecule has 4 aromatic rings. The summed E-state index contributed by atoms with van der Waals surface area (Å²) in [6, 6.07) is 23.7. The van der Waals surface area contributed by atoms with Gasteiger partial charge in [-0.1, -0.05) is 36.4 Å². The first-order valence-electron chi connectivity index (χ1n) is 9.23. The Bertz CT molecular complexity index is 1200. The molecule has 1 amide bonds. The molecule has 0 unspecified atom stereocenters. The van der Waals surface area contributed by atoms with Gasteiger partial charge in [0.1, 0.15) is 17.3 Å². The first-order chi connectivity index (χ1) is 14.7. The minimum Gasteiger partial charge on any atom is -0.467 e. The summed E-state index contributed by atoms with van der Waals surface area (Å²) in [5.41, 5.74) is 2.21. The highest BCUT2D eigenvalue weighted by Crippen LogP contribution is 2.21. The number of hydrogen-bond donors (Lipinski definition) is 2. The van der Waals surface area contributed by atoms with Crippen molar-refractivity contribution in [3.8, 4) is 17.5 Å². The van der Waals surface area contributed by atoms with Crippen molar-refractivity contribution < 1.29 is 9.21 Å². The molecule has 2 heterocycles. The van der Waals surface area contributed by atoms with Crippen LogP contribution in [0.5, 0.6) is 0 Å². The standard InChI is InChI=1S/C23H17N5O2/c24-14-16-6-4-9-18(12-16)26-21-13-20(23(29)25-15-19-10-5-11-30-19)27-22(28-21)17-7-2-1-3-8-17/h1-13H,15H2,(H,25,29)(H,26,27,28). The zero-order valence-electron chi connectivity index (χ0n) is 15.9. The van der Waals surface area contributed by atoms with E-state index in [-0.39, 0.29) is 18.1 Å². The van der Waals surface area contributed by atoms with Crippen molar-refractivity contribution in [1.29, 1.82) is 5.26 Å². The maximum atomic E-state index is 12.7. The van der Waals surface area contributed by atoms with E-state index in [1.165, 1.54) is 0 Å². The monoisotopic (exact) mass is 395 g/mol. The van der Waals surface area contributed by atoms with Crippen LogP contribution in [-0.4, -0.2) is 15.9 Å². The summed E-state index contributed by atoms with van der Waals surface area (Å²) in [5.74, 6) is 1.16. The van der Waals surface area contributed by atoms with E-state index in [9.17, 15) is 4.79 Å². The van der Waals surface area contributed by atoms with E-state index in [0.717, 1.165) is 5.56 Å². The van der Waals surface area contributed by atoms with Gasteiger partial charge in [0, 0.05) is 17.3 Å². The molecule has 0 fully saturated rings. The second-order valence-corrected chi connectivity index (χ2v) is 6.41. The molecular formula is C23H17N5O2. The maximum Gasteiger partial charge on any atom is 0.270 e. The Kier molecular flexibility index (Phi) is 5.49. The molecule has 0 spiro atoms. The van der Waals surface area contributed by atoms with Crippen LogP contribution in [0.2, 0.25) is 0 Å². The lowest BCUT2D eigenvalue weighted by Gasteiger charge is -2.11. The summed E-state index contributed by atoms with van der Waals surface area (Å²) in [6.07, 6.45) is 1.55. The van der Waals surface area contributed by atoms with Crippen LogP contribution in [0.1, 0.15) is 21.8 Å². The first-order valence-corrected chi connectivity index (χ1v) is 9.23. The first kappa shape index (κ1) is 18.9. The molecule has 146 valence electrons. The molecule has 4 rings (SSSR count). The predicted molar refractivity (Wildman–Crippen MR) is 112 cm³/mol. The van der Waals surface area contributed by atoms with E-state index in [2.05, 4.69) is 26.7 Å². The minimum atomic E-state index is -0.347. The molecule has 2 aromatic carbocycles. The smallest absolute Gasteiger partial charge is 0.270 e. The molecule has 0 saturated heterocycles. The van der Waals surface area contributed by atoms with Crippen LogP contribution < -0.4 is 10.6 Å². The number of anilines is 2. The van der Waals surface area contributed by atoms with Gasteiger partial charge in [-0.2, -0.15) is 5.26 Å². The predicted octanol–water partition coefficient (Wildman–Crippen LogP) is 4.28. The lowest BCUT2D eigenvalue weighted by atomic mass is 10.2. The fraction of sp³-hybridized carbons (Fsp3) is 0.0435. The van der Waals surface area contributed by atoms with Crippen LogP contribution in [0.15, 0.2) is 83.5 Å². The van der Waals surface area contributed by atoms with Crippen molar-refractivity contribution in [1.82, 2.24) is 15.3 Å². The zero-order valence-corrected chi connectivity index (χ0v) is 15.9. The molecule has 0 atom stereocenters. The third-order valence-electron chi connectivity index (χ3n) is 4.26. The third kappa shape index (κ3) is 4.51. The maximum absolute atomic E-state index is 12.7. The number of rotatable bonds is 6. The van der Waals surface area contributed by atoms with Crippen molar-refractivity contribution >= 4 is 17.4 Å². The van der Waals surface area contributed by atoms with Gasteiger partial charge in [0.2, 0.25) is 0 Å². The van der Waals surface area contributed by atoms with Crippen LogP contribution in [0.3, 0.4) is 0 Å². The molecule has 0 aliphatic heterocycles. The van der Waals surface area contributed by atoms with Gasteiger partial charge in [-0.05, 0) is 30.3 Å². The van der Waals surface area contributed by atoms with Gasteiger partial charge in [0.05, 0.1) is 24.4 Å². The summed E-state index contributed by atoms with van der Waals surface area (Å²) in [5, 5.41) is 15.1. The Labute approximate surface area is 173 Å². The summed E-state index contributed by atoms with van der Waals surface area (Å²) >= 11 is 0. The largest absolute Gasteiger partial charge is 0.467 e. The van der Waals surface area contributed by atoms with E-state index < -0.39 is 0 Å². The van der Waals surface area contributed by atoms with Gasteiger partial charge in [-0.3, -0.25) is 4.79 Å². The third-order valence-corrected chi connectivity index (χ3v) is 4.26. The molecule has 2 aromatic heterocycles. The molecule has 7 nitrogen and oxygen atoms in total. The summed E-state index contributed by atoms with van der Waals surface area (Å²) in [4.78, 5) is 21.7. The summed E-state index contributed by atoms with van der Waals surface area (Å²) in [6.45, 7) is 0.253. The Balaban J connectivity index is 1.65. The van der Waals surface area contributed by atoms with Crippen molar-refractivity contribution in [2.75, 3.05) is 5.32 Å². The summed E-state index contributed by atoms with van der Waals surface area (Å²) in [7, 11) is 0. The molecule has 0 radical (unpaired) electrons. The molecule has 0 aliphatic carbocycles. The lowest BCUT2D eigenvalue weighted by Crippen LogP contribution is -2.24. The number of benzene rings is 2. The van der Waals surface area contributed by atoms with E-state index >= 15 is 0 Å². The van der Waals surface area contributed by atoms with Crippen LogP contribution in [0.4, 0.5) is 11.5 Å². The number of carbonyl (C=O) groups is 1. The molecular weight excluding hydrogens is 378 g/mol. The van der Waals surface area contributed by atoms with Crippen molar-refractivity contribution in [3.05, 3.63) is 96.1 Å². The van der Waals surface area contributed by atoms with Gasteiger partial charge < -0.3 is 15.1 Å². The number of amides is 1. The zero-order chi connectivity index (χ0) is 20.8. The van der Waals surface area contributed by atoms with Crippen LogP contribution >= 0.6 is 0 Å². The van der Waals surface area contributed by atoms with E-state index in [1.54, 1.807) is 42.7 Å². The Morgan fingerprint density at radius 2 is 1.87 bits per heavy atom. The quantitative estimate of drug-likeness (QED) is 0.505. The lowest BCUT2D eigenvalue weighted by molar-refractivity contribution is 0.0943. The van der Waals surface area contributed by atoms with E-state index in [0.29, 0.717) is 28.7 Å². The molecule has 2 N–H and O–H groups in total. The number of nitrogens with one attached hydrogen (secondary N) is 2. The second-order valence-electron chi connectivity index (χ2n) is 6.41. The van der Waals surface area contributed by atoms with Crippen LogP contribution in [0, 0.1) is 11.3 Å². The number of nitriles is 1. The van der Waals surface area contributed by atoms with Gasteiger partial charge >= 0.3 is 0 Å². The SMILES string of the molecule is N#Cc1cccc(Nc2cc(C(=O)NCc3ccco3)nc(-c3ccccc3)n2)c1. The summed E-state index contributed by atoms with van der Waals surface area (Å²) < 4.78 is 5.25. The Morgan fingerprint density at radius 3 is 2.63 bits per heavy atom. The number of nitrogens with zero attached hydrogens (tertiary/aromatic N) is 3. The van der Waals surface area contributed by atoms with Crippen molar-refractivity contribution in [2.45, 2.75) is 6.54 Å². The van der Waals surface area contributed by atoms with Gasteiger partial charge in [-0.15, -0.1) is 0 Å². The second kappa shape index (κ2) is 8.71. The van der Waals surface area contributed by atoms with E-state index in [1.807, 2.05) is 36.4 Å². The van der Waals surface area contributed by atoms with Gasteiger partial charge in [-0.25, -0.2) is 9.97 Å². The Morgan fingerprint density at radius 1 is 1.00 bits per heavy atom. The number of furan rings is 1. The molecule has 0 saturated carbocycles. The van der Waals surface area contributed by atoms with Crippen molar-refractivity contribution in [2.24, 2.45) is 0 Å². The van der Waals surface area contributed by atoms with Gasteiger partial charge in [0.25, 0.3) is 5.91 Å².